The Morgan fingerprint density at radius 2 is 2.10 bits per heavy atom. The molecule has 1 aliphatic rings. The molecule has 20 heavy (non-hydrogen) atoms. The Morgan fingerprint density at radius 3 is 2.55 bits per heavy atom. The Morgan fingerprint density at radius 1 is 1.45 bits per heavy atom. The number of carboxylic acids is 1. The molecule has 1 fully saturated rings. The van der Waals surface area contributed by atoms with Crippen LogP contribution in [0.4, 0.5) is 5.82 Å². The molecule has 5 heteroatoms. The molecule has 0 saturated heterocycles. The zero-order valence-electron chi connectivity index (χ0n) is 12.3. The molecule has 0 aliphatic heterocycles. The van der Waals surface area contributed by atoms with Gasteiger partial charge in [0.25, 0.3) is 0 Å². The first-order valence-electron chi connectivity index (χ1n) is 6.91. The summed E-state index contributed by atoms with van der Waals surface area (Å²) in [7, 11) is 0. The molecule has 2 atom stereocenters. The largest absolute Gasteiger partial charge is 0.478 e. The molecule has 110 valence electrons. The van der Waals surface area contributed by atoms with Crippen molar-refractivity contribution < 1.29 is 15.0 Å². The molecule has 1 saturated carbocycles. The second-order valence-corrected chi connectivity index (χ2v) is 6.40. The number of aromatic carboxylic acids is 1. The first-order chi connectivity index (χ1) is 9.21. The molecule has 0 amide bonds. The molecule has 1 aromatic heterocycles. The Hall–Kier alpha value is -1.62. The number of aromatic nitrogens is 1. The average molecular weight is 278 g/mol. The lowest BCUT2D eigenvalue weighted by Gasteiger charge is -2.49. The molecule has 1 heterocycles. The van der Waals surface area contributed by atoms with E-state index in [2.05, 4.69) is 10.3 Å². The van der Waals surface area contributed by atoms with Crippen molar-refractivity contribution in [3.8, 4) is 0 Å². The molecule has 0 aromatic carbocycles. The molecule has 5 nitrogen and oxygen atoms in total. The maximum Gasteiger partial charge on any atom is 0.335 e. The van der Waals surface area contributed by atoms with Crippen molar-refractivity contribution in [1.82, 2.24) is 4.98 Å². The van der Waals surface area contributed by atoms with E-state index in [9.17, 15) is 9.90 Å². The fourth-order valence-electron chi connectivity index (χ4n) is 2.37. The van der Waals surface area contributed by atoms with Gasteiger partial charge >= 0.3 is 5.97 Å². The van der Waals surface area contributed by atoms with Gasteiger partial charge in [-0.3, -0.25) is 0 Å². The Labute approximate surface area is 119 Å². The third kappa shape index (κ3) is 2.63. The molecule has 0 radical (unpaired) electrons. The zero-order chi connectivity index (χ0) is 15.1. The summed E-state index contributed by atoms with van der Waals surface area (Å²) >= 11 is 0. The molecule has 1 aliphatic carbocycles. The number of nitrogens with one attached hydrogen (secondary N) is 1. The van der Waals surface area contributed by atoms with Gasteiger partial charge < -0.3 is 15.5 Å². The van der Waals surface area contributed by atoms with E-state index in [4.69, 9.17) is 5.11 Å². The highest BCUT2D eigenvalue weighted by Crippen LogP contribution is 2.42. The van der Waals surface area contributed by atoms with Crippen molar-refractivity contribution in [2.45, 2.75) is 52.2 Å². The number of carboxylic acid groups (broad SMARTS) is 1. The SMILES string of the molecule is CC(C)c1cc(C(=O)O)cc(NC2CC(O)C2(C)C)n1. The van der Waals surface area contributed by atoms with Crippen LogP contribution in [-0.2, 0) is 0 Å². The van der Waals surface area contributed by atoms with Gasteiger partial charge in [0.2, 0.25) is 0 Å². The van der Waals surface area contributed by atoms with Gasteiger partial charge in [0.15, 0.2) is 0 Å². The van der Waals surface area contributed by atoms with E-state index in [0.717, 1.165) is 5.69 Å². The molecule has 1 aromatic rings. The van der Waals surface area contributed by atoms with E-state index >= 15 is 0 Å². The van der Waals surface area contributed by atoms with Crippen LogP contribution in [0.3, 0.4) is 0 Å². The topological polar surface area (TPSA) is 82.5 Å². The van der Waals surface area contributed by atoms with Crippen LogP contribution in [0.25, 0.3) is 0 Å². The lowest BCUT2D eigenvalue weighted by atomic mass is 9.64. The number of aliphatic hydroxyl groups is 1. The monoisotopic (exact) mass is 278 g/mol. The van der Waals surface area contributed by atoms with Crippen molar-refractivity contribution in [1.29, 1.82) is 0 Å². The molecular weight excluding hydrogens is 256 g/mol. The van der Waals surface area contributed by atoms with Gasteiger partial charge in [-0.2, -0.15) is 0 Å². The van der Waals surface area contributed by atoms with Crippen LogP contribution in [0, 0.1) is 5.41 Å². The van der Waals surface area contributed by atoms with Crippen molar-refractivity contribution >= 4 is 11.8 Å². The van der Waals surface area contributed by atoms with Crippen LogP contribution >= 0.6 is 0 Å². The standard InChI is InChI=1S/C15H22N2O3/c1-8(2)10-5-9(14(19)20)6-13(16-10)17-11-7-12(18)15(11,3)4/h5-6,8,11-12,18H,7H2,1-4H3,(H,16,17)(H,19,20). The minimum atomic E-state index is -0.953. The normalized spacial score (nSPS) is 24.3. The van der Waals surface area contributed by atoms with Crippen LogP contribution in [0.2, 0.25) is 0 Å². The Kier molecular flexibility index (Phi) is 3.73. The summed E-state index contributed by atoms with van der Waals surface area (Å²) < 4.78 is 0. The third-order valence-electron chi connectivity index (χ3n) is 4.22. The summed E-state index contributed by atoms with van der Waals surface area (Å²) in [5.74, 6) is -0.223. The van der Waals surface area contributed by atoms with E-state index in [1.54, 1.807) is 12.1 Å². The van der Waals surface area contributed by atoms with Gasteiger partial charge in [-0.1, -0.05) is 27.7 Å². The molecular formula is C15H22N2O3. The lowest BCUT2D eigenvalue weighted by molar-refractivity contribution is -0.0511. The number of hydrogen-bond donors (Lipinski definition) is 3. The first kappa shape index (κ1) is 14.8. The Bertz CT molecular complexity index is 526. The summed E-state index contributed by atoms with van der Waals surface area (Å²) in [4.78, 5) is 15.7. The fourth-order valence-corrected chi connectivity index (χ4v) is 2.37. The van der Waals surface area contributed by atoms with Crippen LogP contribution in [0.1, 0.15) is 56.1 Å². The Balaban J connectivity index is 2.25. The number of hydrogen-bond acceptors (Lipinski definition) is 4. The number of anilines is 1. The van der Waals surface area contributed by atoms with Gasteiger partial charge in [0.05, 0.1) is 11.7 Å². The lowest BCUT2D eigenvalue weighted by Crippen LogP contribution is -2.57. The smallest absolute Gasteiger partial charge is 0.335 e. The minimum absolute atomic E-state index is 0.106. The number of carbonyl (C=O) groups is 1. The summed E-state index contributed by atoms with van der Waals surface area (Å²) in [6, 6.07) is 3.27. The van der Waals surface area contributed by atoms with Crippen molar-refractivity contribution in [3.05, 3.63) is 23.4 Å². The van der Waals surface area contributed by atoms with Crippen LogP contribution in [0.15, 0.2) is 12.1 Å². The second-order valence-electron chi connectivity index (χ2n) is 6.40. The van der Waals surface area contributed by atoms with Crippen molar-refractivity contribution in [2.24, 2.45) is 5.41 Å². The maximum atomic E-state index is 11.2. The van der Waals surface area contributed by atoms with E-state index < -0.39 is 5.97 Å². The summed E-state index contributed by atoms with van der Waals surface area (Å²) in [6.07, 6.45) is 0.329. The van der Waals surface area contributed by atoms with E-state index in [0.29, 0.717) is 12.2 Å². The van der Waals surface area contributed by atoms with Crippen LogP contribution in [-0.4, -0.2) is 33.3 Å². The highest BCUT2D eigenvalue weighted by molar-refractivity contribution is 5.88. The predicted molar refractivity (Wildman–Crippen MR) is 77.1 cm³/mol. The summed E-state index contributed by atoms with van der Waals surface area (Å²) in [5.41, 5.74) is 0.771. The summed E-state index contributed by atoms with van der Waals surface area (Å²) in [5, 5.41) is 22.2. The molecule has 2 unspecified atom stereocenters. The van der Waals surface area contributed by atoms with E-state index in [1.165, 1.54) is 0 Å². The number of pyridine rings is 1. The van der Waals surface area contributed by atoms with E-state index in [1.807, 2.05) is 27.7 Å². The predicted octanol–water partition coefficient (Wildman–Crippen LogP) is 2.47. The summed E-state index contributed by atoms with van der Waals surface area (Å²) in [6.45, 7) is 7.94. The van der Waals surface area contributed by atoms with Gasteiger partial charge in [0.1, 0.15) is 5.82 Å². The highest BCUT2D eigenvalue weighted by atomic mass is 16.4. The molecule has 0 spiro atoms. The zero-order valence-corrected chi connectivity index (χ0v) is 12.3. The van der Waals surface area contributed by atoms with Gasteiger partial charge in [-0.15, -0.1) is 0 Å². The van der Waals surface area contributed by atoms with E-state index in [-0.39, 0.29) is 29.0 Å². The quantitative estimate of drug-likeness (QED) is 0.788. The minimum Gasteiger partial charge on any atom is -0.478 e. The van der Waals surface area contributed by atoms with Crippen LogP contribution in [0.5, 0.6) is 0 Å². The van der Waals surface area contributed by atoms with Gasteiger partial charge in [-0.05, 0) is 24.5 Å². The van der Waals surface area contributed by atoms with Crippen molar-refractivity contribution in [2.75, 3.05) is 5.32 Å². The first-order valence-corrected chi connectivity index (χ1v) is 6.91. The number of rotatable bonds is 4. The van der Waals surface area contributed by atoms with Crippen LogP contribution < -0.4 is 5.32 Å². The maximum absolute atomic E-state index is 11.2. The molecule has 2 rings (SSSR count). The van der Waals surface area contributed by atoms with Crippen molar-refractivity contribution in [3.63, 3.8) is 0 Å². The second kappa shape index (κ2) is 5.05. The number of aliphatic hydroxyl groups excluding tert-OH is 1. The van der Waals surface area contributed by atoms with Gasteiger partial charge in [-0.25, -0.2) is 9.78 Å². The third-order valence-corrected chi connectivity index (χ3v) is 4.22. The van der Waals surface area contributed by atoms with Gasteiger partial charge in [0, 0.05) is 17.2 Å². The molecule has 0 bridgehead atoms. The fraction of sp³-hybridized carbons (Fsp3) is 0.600. The number of nitrogens with zero attached hydrogens (tertiary/aromatic N) is 1. The highest BCUT2D eigenvalue weighted by Gasteiger charge is 2.47. The molecule has 3 N–H and O–H groups in total. The average Bonchev–Trinajstić information content (AvgIpc) is 2.38.